The van der Waals surface area contributed by atoms with Crippen LogP contribution in [0.5, 0.6) is 0 Å². The van der Waals surface area contributed by atoms with E-state index >= 15 is 0 Å². The summed E-state index contributed by atoms with van der Waals surface area (Å²) in [5.74, 6) is 1.60. The first-order chi connectivity index (χ1) is 9.59. The summed E-state index contributed by atoms with van der Waals surface area (Å²) in [4.78, 5) is 4.61. The maximum Gasteiger partial charge on any atom is 0.127 e. The molecule has 0 bridgehead atoms. The summed E-state index contributed by atoms with van der Waals surface area (Å²) in [5, 5.41) is -0.0990. The fourth-order valence-corrected chi connectivity index (χ4v) is 2.38. The first kappa shape index (κ1) is 15.3. The lowest BCUT2D eigenvalue weighted by molar-refractivity contribution is 0.116. The minimum atomic E-state index is -0.0990. The Labute approximate surface area is 125 Å². The van der Waals surface area contributed by atoms with Gasteiger partial charge in [-0.3, -0.25) is 0 Å². The van der Waals surface area contributed by atoms with Gasteiger partial charge < -0.3 is 9.30 Å². The summed E-state index contributed by atoms with van der Waals surface area (Å²) < 4.78 is 7.88. The van der Waals surface area contributed by atoms with Crippen molar-refractivity contribution in [3.05, 3.63) is 30.1 Å². The van der Waals surface area contributed by atoms with Gasteiger partial charge in [-0.15, -0.1) is 11.6 Å². The van der Waals surface area contributed by atoms with Gasteiger partial charge in [0.1, 0.15) is 5.82 Å². The van der Waals surface area contributed by atoms with Crippen molar-refractivity contribution in [2.45, 2.75) is 39.1 Å². The highest BCUT2D eigenvalue weighted by molar-refractivity contribution is 6.20. The number of halogens is 1. The predicted molar refractivity (Wildman–Crippen MR) is 84.3 cm³/mol. The fraction of sp³-hybridized carbons (Fsp3) is 0.562. The first-order valence-corrected chi connectivity index (χ1v) is 7.70. The topological polar surface area (TPSA) is 27.1 Å². The second-order valence-electron chi connectivity index (χ2n) is 5.52. The molecule has 0 amide bonds. The molecule has 2 aromatic rings. The van der Waals surface area contributed by atoms with E-state index in [4.69, 9.17) is 16.3 Å². The third-order valence-electron chi connectivity index (χ3n) is 3.34. The molecule has 1 atom stereocenters. The highest BCUT2D eigenvalue weighted by Gasteiger charge is 2.14. The number of rotatable bonds is 7. The smallest absolute Gasteiger partial charge is 0.127 e. The van der Waals surface area contributed by atoms with Crippen LogP contribution in [-0.2, 0) is 11.3 Å². The molecule has 110 valence electrons. The molecule has 2 rings (SSSR count). The van der Waals surface area contributed by atoms with E-state index in [-0.39, 0.29) is 5.38 Å². The van der Waals surface area contributed by atoms with Crippen LogP contribution in [0.1, 0.15) is 38.4 Å². The van der Waals surface area contributed by atoms with Gasteiger partial charge in [-0.1, -0.05) is 26.0 Å². The van der Waals surface area contributed by atoms with Gasteiger partial charge in [0.05, 0.1) is 23.0 Å². The minimum Gasteiger partial charge on any atom is -0.380 e. The first-order valence-electron chi connectivity index (χ1n) is 7.26. The molecule has 1 aromatic heterocycles. The number of fused-ring (bicyclic) bond motifs is 1. The normalized spacial score (nSPS) is 13.2. The molecule has 0 aliphatic rings. The van der Waals surface area contributed by atoms with Gasteiger partial charge >= 0.3 is 0 Å². The van der Waals surface area contributed by atoms with E-state index in [1.54, 1.807) is 0 Å². The second-order valence-corrected chi connectivity index (χ2v) is 6.18. The van der Waals surface area contributed by atoms with Gasteiger partial charge in [0, 0.05) is 13.2 Å². The lowest BCUT2D eigenvalue weighted by Crippen LogP contribution is -2.11. The summed E-state index contributed by atoms with van der Waals surface area (Å²) in [6.07, 6.45) is 1.10. The third kappa shape index (κ3) is 3.74. The van der Waals surface area contributed by atoms with E-state index < -0.39 is 0 Å². The Bertz CT molecular complexity index is 548. The molecule has 4 heteroatoms. The third-order valence-corrected chi connectivity index (χ3v) is 3.53. The quantitative estimate of drug-likeness (QED) is 0.559. The maximum atomic E-state index is 6.24. The Hall–Kier alpha value is -1.06. The van der Waals surface area contributed by atoms with Crippen LogP contribution in [0.2, 0.25) is 0 Å². The average molecular weight is 295 g/mol. The standard InChI is InChI=1S/C16H23ClN2O/c1-12(2)8-10-20-11-9-19-15-7-5-4-6-14(15)18-16(19)13(3)17/h4-7,12-13H,8-11H2,1-3H3. The predicted octanol–water partition coefficient (Wildman–Crippen LogP) is 4.40. The zero-order valence-electron chi connectivity index (χ0n) is 12.5. The Kier molecular flexibility index (Phi) is 5.44. The van der Waals surface area contributed by atoms with E-state index in [2.05, 4.69) is 29.5 Å². The van der Waals surface area contributed by atoms with Crippen molar-refractivity contribution in [3.63, 3.8) is 0 Å². The molecule has 0 radical (unpaired) electrons. The highest BCUT2D eigenvalue weighted by Crippen LogP contribution is 2.24. The monoisotopic (exact) mass is 294 g/mol. The summed E-state index contributed by atoms with van der Waals surface area (Å²) in [5.41, 5.74) is 2.12. The number of hydrogen-bond donors (Lipinski definition) is 0. The SMILES string of the molecule is CC(C)CCOCCn1c(C(C)Cl)nc2ccccc21. The molecule has 0 fully saturated rings. The molecule has 0 saturated carbocycles. The van der Waals surface area contributed by atoms with Crippen LogP contribution in [0, 0.1) is 5.92 Å². The number of benzene rings is 1. The highest BCUT2D eigenvalue weighted by atomic mass is 35.5. The number of alkyl halides is 1. The number of ether oxygens (including phenoxy) is 1. The van der Waals surface area contributed by atoms with Gasteiger partial charge in [-0.05, 0) is 31.4 Å². The zero-order chi connectivity index (χ0) is 14.5. The van der Waals surface area contributed by atoms with Gasteiger partial charge in [0.2, 0.25) is 0 Å². The lowest BCUT2D eigenvalue weighted by atomic mass is 10.1. The molecule has 20 heavy (non-hydrogen) atoms. The molecule has 3 nitrogen and oxygen atoms in total. The molecule has 1 unspecified atom stereocenters. The van der Waals surface area contributed by atoms with Gasteiger partial charge in [0.25, 0.3) is 0 Å². The van der Waals surface area contributed by atoms with Gasteiger partial charge in [0.15, 0.2) is 0 Å². The van der Waals surface area contributed by atoms with Crippen molar-refractivity contribution in [2.75, 3.05) is 13.2 Å². The van der Waals surface area contributed by atoms with Crippen molar-refractivity contribution < 1.29 is 4.74 Å². The van der Waals surface area contributed by atoms with Crippen LogP contribution in [0.25, 0.3) is 11.0 Å². The average Bonchev–Trinajstić information content (AvgIpc) is 2.77. The van der Waals surface area contributed by atoms with Crippen molar-refractivity contribution in [1.29, 1.82) is 0 Å². The van der Waals surface area contributed by atoms with E-state index in [1.807, 2.05) is 25.1 Å². The zero-order valence-corrected chi connectivity index (χ0v) is 13.2. The van der Waals surface area contributed by atoms with Crippen molar-refractivity contribution in [3.8, 4) is 0 Å². The molecule has 0 saturated heterocycles. The molecule has 0 spiro atoms. The Morgan fingerprint density at radius 1 is 1.20 bits per heavy atom. The van der Waals surface area contributed by atoms with Crippen LogP contribution in [0.3, 0.4) is 0 Å². The van der Waals surface area contributed by atoms with E-state index in [0.29, 0.717) is 12.5 Å². The Morgan fingerprint density at radius 2 is 1.95 bits per heavy atom. The summed E-state index contributed by atoms with van der Waals surface area (Å²) >= 11 is 6.24. The van der Waals surface area contributed by atoms with E-state index in [9.17, 15) is 0 Å². The molecule has 0 aliphatic carbocycles. The Balaban J connectivity index is 2.06. The number of nitrogens with zero attached hydrogens (tertiary/aromatic N) is 2. The van der Waals surface area contributed by atoms with Gasteiger partial charge in [-0.25, -0.2) is 4.98 Å². The maximum absolute atomic E-state index is 6.24. The summed E-state index contributed by atoms with van der Waals surface area (Å²) in [6.45, 7) is 8.68. The Morgan fingerprint density at radius 3 is 2.65 bits per heavy atom. The van der Waals surface area contributed by atoms with Crippen molar-refractivity contribution >= 4 is 22.6 Å². The van der Waals surface area contributed by atoms with Crippen LogP contribution >= 0.6 is 11.6 Å². The van der Waals surface area contributed by atoms with Gasteiger partial charge in [-0.2, -0.15) is 0 Å². The molecule has 1 heterocycles. The second kappa shape index (κ2) is 7.09. The molecular formula is C16H23ClN2O. The largest absolute Gasteiger partial charge is 0.380 e. The lowest BCUT2D eigenvalue weighted by Gasteiger charge is -2.11. The summed E-state index contributed by atoms with van der Waals surface area (Å²) in [7, 11) is 0. The summed E-state index contributed by atoms with van der Waals surface area (Å²) in [6, 6.07) is 8.14. The minimum absolute atomic E-state index is 0.0990. The number of imidazole rings is 1. The van der Waals surface area contributed by atoms with Crippen LogP contribution in [0.15, 0.2) is 24.3 Å². The van der Waals surface area contributed by atoms with Crippen LogP contribution in [0.4, 0.5) is 0 Å². The molecule has 0 aliphatic heterocycles. The van der Waals surface area contributed by atoms with Crippen LogP contribution < -0.4 is 0 Å². The van der Waals surface area contributed by atoms with Crippen molar-refractivity contribution in [2.24, 2.45) is 5.92 Å². The van der Waals surface area contributed by atoms with Crippen molar-refractivity contribution in [1.82, 2.24) is 9.55 Å². The van der Waals surface area contributed by atoms with E-state index in [1.165, 1.54) is 0 Å². The fourth-order valence-electron chi connectivity index (χ4n) is 2.21. The molecule has 1 aromatic carbocycles. The number of hydrogen-bond acceptors (Lipinski definition) is 2. The molecular weight excluding hydrogens is 272 g/mol. The number of para-hydroxylation sites is 2. The van der Waals surface area contributed by atoms with E-state index in [0.717, 1.165) is 36.4 Å². The molecule has 0 N–H and O–H groups in total. The number of aromatic nitrogens is 2. The van der Waals surface area contributed by atoms with Crippen LogP contribution in [-0.4, -0.2) is 22.8 Å².